The van der Waals surface area contributed by atoms with Gasteiger partial charge in [-0.3, -0.25) is 0 Å². The quantitative estimate of drug-likeness (QED) is 0.870. The highest BCUT2D eigenvalue weighted by molar-refractivity contribution is 5.57. The fraction of sp³-hybridized carbons (Fsp3) is 0.400. The lowest BCUT2D eigenvalue weighted by molar-refractivity contribution is 0.0698. The van der Waals surface area contributed by atoms with Crippen LogP contribution in [0.15, 0.2) is 36.4 Å². The van der Waals surface area contributed by atoms with E-state index in [1.54, 1.807) is 21.3 Å². The second kappa shape index (κ2) is 6.73. The maximum absolute atomic E-state index is 11.6. The number of rotatable bonds is 4. The van der Waals surface area contributed by atoms with Crippen LogP contribution in [-0.2, 0) is 12.0 Å². The van der Waals surface area contributed by atoms with E-state index in [9.17, 15) is 5.11 Å². The van der Waals surface area contributed by atoms with Crippen LogP contribution in [0.25, 0.3) is 0 Å². The van der Waals surface area contributed by atoms with Gasteiger partial charge in [0.15, 0.2) is 11.5 Å². The molecule has 0 heterocycles. The predicted octanol–water partition coefficient (Wildman–Crippen LogP) is 3.67. The van der Waals surface area contributed by atoms with E-state index in [-0.39, 0.29) is 0 Å². The predicted molar refractivity (Wildman–Crippen MR) is 93.1 cm³/mol. The average Bonchev–Trinajstić information content (AvgIpc) is 2.80. The molecule has 128 valence electrons. The first kappa shape index (κ1) is 16.7. The number of hydrogen-bond donors (Lipinski definition) is 1. The van der Waals surface area contributed by atoms with Crippen LogP contribution in [-0.4, -0.2) is 26.4 Å². The molecule has 0 fully saturated rings. The summed E-state index contributed by atoms with van der Waals surface area (Å²) in [6.07, 6.45) is 3.69. The van der Waals surface area contributed by atoms with Gasteiger partial charge >= 0.3 is 0 Å². The van der Waals surface area contributed by atoms with Crippen LogP contribution in [0.5, 0.6) is 17.2 Å². The molecule has 1 N–H and O–H groups in total. The third kappa shape index (κ3) is 2.71. The first-order chi connectivity index (χ1) is 11.6. The standard InChI is InChI=1S/C20H24O4/c1-22-17-12-15(13-18(23-2)19(17)24-3)20(21)11-7-6-9-14-8-4-5-10-16(14)20/h4-5,8,10,12-13,21H,6-7,9,11H2,1-3H3. The Morgan fingerprint density at radius 3 is 2.21 bits per heavy atom. The second-order valence-corrected chi connectivity index (χ2v) is 6.14. The van der Waals surface area contributed by atoms with E-state index in [0.29, 0.717) is 23.7 Å². The minimum absolute atomic E-state index is 0.536. The molecule has 0 saturated heterocycles. The summed E-state index contributed by atoms with van der Waals surface area (Å²) in [6, 6.07) is 11.8. The Morgan fingerprint density at radius 1 is 0.917 bits per heavy atom. The molecule has 0 bridgehead atoms. The van der Waals surface area contributed by atoms with Crippen LogP contribution in [0.3, 0.4) is 0 Å². The van der Waals surface area contributed by atoms with Crippen molar-refractivity contribution >= 4 is 0 Å². The van der Waals surface area contributed by atoms with Gasteiger partial charge in [-0.1, -0.05) is 24.3 Å². The molecule has 0 aliphatic heterocycles. The van der Waals surface area contributed by atoms with Crippen LogP contribution < -0.4 is 14.2 Å². The Hall–Kier alpha value is -2.20. The zero-order valence-corrected chi connectivity index (χ0v) is 14.5. The Kier molecular flexibility index (Phi) is 4.67. The minimum atomic E-state index is -1.06. The van der Waals surface area contributed by atoms with Crippen molar-refractivity contribution in [1.82, 2.24) is 0 Å². The van der Waals surface area contributed by atoms with Crippen LogP contribution >= 0.6 is 0 Å². The Balaban J connectivity index is 2.20. The minimum Gasteiger partial charge on any atom is -0.493 e. The van der Waals surface area contributed by atoms with Gasteiger partial charge in [0.05, 0.1) is 21.3 Å². The van der Waals surface area contributed by atoms with Crippen molar-refractivity contribution in [2.75, 3.05) is 21.3 Å². The number of aryl methyl sites for hydroxylation is 1. The smallest absolute Gasteiger partial charge is 0.203 e. The van der Waals surface area contributed by atoms with E-state index < -0.39 is 5.60 Å². The third-order valence-corrected chi connectivity index (χ3v) is 4.84. The maximum Gasteiger partial charge on any atom is 0.203 e. The van der Waals surface area contributed by atoms with E-state index in [4.69, 9.17) is 14.2 Å². The van der Waals surface area contributed by atoms with Gasteiger partial charge in [0.25, 0.3) is 0 Å². The molecular formula is C20H24O4. The number of aliphatic hydroxyl groups is 1. The van der Waals surface area contributed by atoms with Crippen LogP contribution in [0, 0.1) is 0 Å². The summed E-state index contributed by atoms with van der Waals surface area (Å²) in [7, 11) is 4.76. The van der Waals surface area contributed by atoms with Gasteiger partial charge < -0.3 is 19.3 Å². The molecule has 3 rings (SSSR count). The van der Waals surface area contributed by atoms with Crippen molar-refractivity contribution < 1.29 is 19.3 Å². The highest BCUT2D eigenvalue weighted by atomic mass is 16.5. The van der Waals surface area contributed by atoms with E-state index in [1.165, 1.54) is 5.56 Å². The van der Waals surface area contributed by atoms with Crippen LogP contribution in [0.4, 0.5) is 0 Å². The van der Waals surface area contributed by atoms with Gasteiger partial charge in [0.1, 0.15) is 5.60 Å². The molecule has 24 heavy (non-hydrogen) atoms. The van der Waals surface area contributed by atoms with E-state index in [1.807, 2.05) is 30.3 Å². The fourth-order valence-electron chi connectivity index (χ4n) is 3.59. The maximum atomic E-state index is 11.6. The summed E-state index contributed by atoms with van der Waals surface area (Å²) in [6.45, 7) is 0. The Morgan fingerprint density at radius 2 is 1.58 bits per heavy atom. The number of ether oxygens (including phenoxy) is 3. The third-order valence-electron chi connectivity index (χ3n) is 4.84. The molecule has 4 nitrogen and oxygen atoms in total. The lowest BCUT2D eigenvalue weighted by Crippen LogP contribution is -2.27. The first-order valence-electron chi connectivity index (χ1n) is 8.25. The monoisotopic (exact) mass is 328 g/mol. The molecule has 0 aromatic heterocycles. The molecule has 4 heteroatoms. The summed E-state index contributed by atoms with van der Waals surface area (Å²) in [5.74, 6) is 1.65. The normalized spacial score (nSPS) is 20.0. The SMILES string of the molecule is COc1cc(C2(O)CCCCc3ccccc32)cc(OC)c1OC. The lowest BCUT2D eigenvalue weighted by atomic mass is 9.81. The Labute approximate surface area is 143 Å². The first-order valence-corrected chi connectivity index (χ1v) is 8.25. The molecule has 0 amide bonds. The summed E-state index contributed by atoms with van der Waals surface area (Å²) in [4.78, 5) is 0. The molecule has 1 atom stereocenters. The van der Waals surface area contributed by atoms with Crippen LogP contribution in [0.2, 0.25) is 0 Å². The molecule has 0 radical (unpaired) electrons. The zero-order chi connectivity index (χ0) is 17.2. The van der Waals surface area contributed by atoms with Crippen molar-refractivity contribution in [2.24, 2.45) is 0 Å². The number of hydrogen-bond acceptors (Lipinski definition) is 4. The molecule has 0 spiro atoms. The molecule has 1 unspecified atom stereocenters. The zero-order valence-electron chi connectivity index (χ0n) is 14.5. The number of benzene rings is 2. The average molecular weight is 328 g/mol. The molecule has 2 aromatic carbocycles. The largest absolute Gasteiger partial charge is 0.493 e. The summed E-state index contributed by atoms with van der Waals surface area (Å²) < 4.78 is 16.3. The van der Waals surface area contributed by atoms with Gasteiger partial charge in [0.2, 0.25) is 5.75 Å². The van der Waals surface area contributed by atoms with Crippen molar-refractivity contribution in [3.8, 4) is 17.2 Å². The van der Waals surface area contributed by atoms with E-state index >= 15 is 0 Å². The highest BCUT2D eigenvalue weighted by Gasteiger charge is 2.36. The van der Waals surface area contributed by atoms with E-state index in [2.05, 4.69) is 6.07 Å². The summed E-state index contributed by atoms with van der Waals surface area (Å²) in [5, 5.41) is 11.6. The summed E-state index contributed by atoms with van der Waals surface area (Å²) >= 11 is 0. The fourth-order valence-corrected chi connectivity index (χ4v) is 3.59. The van der Waals surface area contributed by atoms with Crippen molar-refractivity contribution in [1.29, 1.82) is 0 Å². The highest BCUT2D eigenvalue weighted by Crippen LogP contribution is 2.45. The molecule has 0 saturated carbocycles. The molecule has 1 aliphatic carbocycles. The van der Waals surface area contributed by atoms with Gasteiger partial charge in [0, 0.05) is 0 Å². The van der Waals surface area contributed by atoms with Crippen molar-refractivity contribution in [3.05, 3.63) is 53.1 Å². The molecule has 1 aliphatic rings. The Bertz CT molecular complexity index is 700. The van der Waals surface area contributed by atoms with Crippen molar-refractivity contribution in [3.63, 3.8) is 0 Å². The van der Waals surface area contributed by atoms with Gasteiger partial charge in [-0.05, 0) is 54.5 Å². The summed E-state index contributed by atoms with van der Waals surface area (Å²) in [5.41, 5.74) is 1.88. The van der Waals surface area contributed by atoms with Gasteiger partial charge in [-0.15, -0.1) is 0 Å². The van der Waals surface area contributed by atoms with E-state index in [0.717, 1.165) is 30.4 Å². The van der Waals surface area contributed by atoms with Crippen LogP contribution in [0.1, 0.15) is 36.0 Å². The van der Waals surface area contributed by atoms with Gasteiger partial charge in [-0.25, -0.2) is 0 Å². The molecule has 2 aromatic rings. The topological polar surface area (TPSA) is 47.9 Å². The number of fused-ring (bicyclic) bond motifs is 1. The van der Waals surface area contributed by atoms with Crippen molar-refractivity contribution in [2.45, 2.75) is 31.3 Å². The molecular weight excluding hydrogens is 304 g/mol. The lowest BCUT2D eigenvalue weighted by Gasteiger charge is -2.30. The second-order valence-electron chi connectivity index (χ2n) is 6.14. The van der Waals surface area contributed by atoms with Gasteiger partial charge in [-0.2, -0.15) is 0 Å². The number of methoxy groups -OCH3 is 3.